The Morgan fingerprint density at radius 3 is 1.80 bits per heavy atom. The van der Waals surface area contributed by atoms with Crippen molar-refractivity contribution < 1.29 is 26.2 Å². The van der Waals surface area contributed by atoms with Gasteiger partial charge in [0.1, 0.15) is 5.75 Å². The molecule has 4 aromatic carbocycles. The van der Waals surface area contributed by atoms with Crippen molar-refractivity contribution in [2.24, 2.45) is 0 Å². The standard InChI is InChI=1S/C44H46N3O.Pt/c1-27(2)33-22-34(28(3)4)24-35(23-33)36-25-40(46-41(26-36)39-15-9-10-18-42(39)48)31-13-11-14-32(21-31)44-45-19-20-47(44)43-37(29(5)6)16-12-17-38(43)30(7)8;/h9-20,22-30,48H,1-8H3;/q-1;. The fourth-order valence-electron chi connectivity index (χ4n) is 6.40. The van der Waals surface area contributed by atoms with Crippen LogP contribution >= 0.6 is 0 Å². The van der Waals surface area contributed by atoms with E-state index in [0.29, 0.717) is 29.2 Å². The molecule has 2 heterocycles. The van der Waals surface area contributed by atoms with Gasteiger partial charge in [-0.2, -0.15) is 0 Å². The molecule has 0 spiro atoms. The summed E-state index contributed by atoms with van der Waals surface area (Å²) in [5, 5.41) is 10.9. The SMILES string of the molecule is CC(C)c1cc(-c2cc(-c3[c-]c(-c4nccn4-c4c(C(C)C)cccc4C(C)C)ccc3)nc(-c3ccccc3O)c2)cc(C(C)C)c1.[Pt]. The number of imidazole rings is 1. The monoisotopic (exact) mass is 827 g/mol. The second kappa shape index (κ2) is 15.1. The van der Waals surface area contributed by atoms with Gasteiger partial charge in [0.05, 0.1) is 11.5 Å². The van der Waals surface area contributed by atoms with E-state index in [2.05, 4.69) is 139 Å². The zero-order chi connectivity index (χ0) is 34.1. The van der Waals surface area contributed by atoms with Crippen LogP contribution in [0.4, 0.5) is 0 Å². The van der Waals surface area contributed by atoms with E-state index in [4.69, 9.17) is 9.97 Å². The van der Waals surface area contributed by atoms with Gasteiger partial charge in [-0.1, -0.05) is 121 Å². The largest absolute Gasteiger partial charge is 0.507 e. The zero-order valence-corrected chi connectivity index (χ0v) is 32.0. The van der Waals surface area contributed by atoms with Gasteiger partial charge in [0.25, 0.3) is 0 Å². The summed E-state index contributed by atoms with van der Waals surface area (Å²) in [6.45, 7) is 17.9. The second-order valence-corrected chi connectivity index (χ2v) is 14.0. The topological polar surface area (TPSA) is 50.9 Å². The number of benzene rings is 4. The fourth-order valence-corrected chi connectivity index (χ4v) is 6.40. The Morgan fingerprint density at radius 2 is 1.18 bits per heavy atom. The molecule has 0 saturated carbocycles. The first-order valence-corrected chi connectivity index (χ1v) is 17.2. The molecule has 49 heavy (non-hydrogen) atoms. The van der Waals surface area contributed by atoms with Crippen molar-refractivity contribution in [2.45, 2.75) is 79.1 Å². The molecule has 0 saturated heterocycles. The summed E-state index contributed by atoms with van der Waals surface area (Å²) < 4.78 is 2.22. The number of aromatic hydroxyl groups is 1. The number of pyridine rings is 1. The third-order valence-electron chi connectivity index (χ3n) is 9.19. The molecule has 0 amide bonds. The molecule has 1 N–H and O–H groups in total. The minimum atomic E-state index is 0. The molecule has 0 radical (unpaired) electrons. The van der Waals surface area contributed by atoms with Crippen LogP contribution in [-0.4, -0.2) is 19.6 Å². The Balaban J connectivity index is 0.00000468. The quantitative estimate of drug-likeness (QED) is 0.148. The molecular weight excluding hydrogens is 782 g/mol. The summed E-state index contributed by atoms with van der Waals surface area (Å²) in [4.78, 5) is 10.0. The van der Waals surface area contributed by atoms with Crippen LogP contribution in [0.3, 0.4) is 0 Å². The van der Waals surface area contributed by atoms with E-state index in [1.807, 2.05) is 24.4 Å². The van der Waals surface area contributed by atoms with Gasteiger partial charge in [0, 0.05) is 50.4 Å². The van der Waals surface area contributed by atoms with Crippen molar-refractivity contribution in [3.63, 3.8) is 0 Å². The fraction of sp³-hybridized carbons (Fsp3) is 0.273. The molecule has 0 aliphatic rings. The zero-order valence-electron chi connectivity index (χ0n) is 29.7. The predicted octanol–water partition coefficient (Wildman–Crippen LogP) is 11.9. The van der Waals surface area contributed by atoms with Crippen molar-refractivity contribution in [3.05, 3.63) is 132 Å². The Hall–Kier alpha value is -4.27. The van der Waals surface area contributed by atoms with Crippen LogP contribution in [0.25, 0.3) is 50.7 Å². The summed E-state index contributed by atoms with van der Waals surface area (Å²) in [6, 6.07) is 35.1. The van der Waals surface area contributed by atoms with E-state index in [-0.39, 0.29) is 26.8 Å². The molecule has 5 heteroatoms. The van der Waals surface area contributed by atoms with E-state index in [0.717, 1.165) is 39.5 Å². The first-order chi connectivity index (χ1) is 23.0. The molecule has 254 valence electrons. The third kappa shape index (κ3) is 7.50. The van der Waals surface area contributed by atoms with Crippen molar-refractivity contribution >= 4 is 0 Å². The number of para-hydroxylation sites is 2. The van der Waals surface area contributed by atoms with Crippen LogP contribution in [0.5, 0.6) is 5.75 Å². The van der Waals surface area contributed by atoms with Gasteiger partial charge in [-0.25, -0.2) is 0 Å². The predicted molar refractivity (Wildman–Crippen MR) is 200 cm³/mol. The summed E-state index contributed by atoms with van der Waals surface area (Å²) in [5.74, 6) is 2.55. The number of aromatic nitrogens is 3. The molecule has 0 bridgehead atoms. The van der Waals surface area contributed by atoms with Crippen molar-refractivity contribution in [3.8, 4) is 56.5 Å². The first-order valence-electron chi connectivity index (χ1n) is 17.2. The summed E-state index contributed by atoms with van der Waals surface area (Å²) in [6.07, 6.45) is 3.94. The third-order valence-corrected chi connectivity index (χ3v) is 9.19. The Kier molecular flexibility index (Phi) is 11.1. The number of phenols is 1. The number of hydrogen-bond donors (Lipinski definition) is 1. The van der Waals surface area contributed by atoms with Gasteiger partial charge >= 0.3 is 0 Å². The van der Waals surface area contributed by atoms with Crippen LogP contribution in [-0.2, 0) is 21.1 Å². The van der Waals surface area contributed by atoms with E-state index in [9.17, 15) is 5.11 Å². The Bertz CT molecular complexity index is 2020. The smallest absolute Gasteiger partial charge is 0.124 e. The molecule has 0 fully saturated rings. The molecule has 2 aromatic heterocycles. The van der Waals surface area contributed by atoms with E-state index in [1.54, 1.807) is 6.07 Å². The molecule has 6 aromatic rings. The average Bonchev–Trinajstić information content (AvgIpc) is 3.57. The number of nitrogens with zero attached hydrogens (tertiary/aromatic N) is 3. The number of rotatable bonds is 9. The summed E-state index contributed by atoms with van der Waals surface area (Å²) in [5.41, 5.74) is 12.6. The Morgan fingerprint density at radius 1 is 0.612 bits per heavy atom. The second-order valence-electron chi connectivity index (χ2n) is 14.0. The van der Waals surface area contributed by atoms with Crippen LogP contribution in [0.1, 0.15) is 101 Å². The van der Waals surface area contributed by atoms with Crippen molar-refractivity contribution in [1.82, 2.24) is 14.5 Å². The van der Waals surface area contributed by atoms with Gasteiger partial charge < -0.3 is 9.67 Å². The van der Waals surface area contributed by atoms with Gasteiger partial charge in [0.15, 0.2) is 0 Å². The molecule has 0 aliphatic carbocycles. The Labute approximate surface area is 306 Å². The molecule has 4 nitrogen and oxygen atoms in total. The first kappa shape index (κ1) is 36.0. The van der Waals surface area contributed by atoms with Crippen molar-refractivity contribution in [2.75, 3.05) is 0 Å². The summed E-state index contributed by atoms with van der Waals surface area (Å²) >= 11 is 0. The van der Waals surface area contributed by atoms with E-state index in [1.165, 1.54) is 27.9 Å². The maximum Gasteiger partial charge on any atom is 0.124 e. The maximum atomic E-state index is 10.9. The van der Waals surface area contributed by atoms with Crippen LogP contribution in [0.2, 0.25) is 0 Å². The molecule has 0 unspecified atom stereocenters. The normalized spacial score (nSPS) is 11.5. The van der Waals surface area contributed by atoms with Crippen LogP contribution in [0.15, 0.2) is 103 Å². The minimum Gasteiger partial charge on any atom is -0.507 e. The minimum absolute atomic E-state index is 0. The van der Waals surface area contributed by atoms with E-state index >= 15 is 0 Å². The molecular formula is C44H46N3OPt-. The molecule has 0 aliphatic heterocycles. The van der Waals surface area contributed by atoms with Gasteiger partial charge in [-0.05, 0) is 75.3 Å². The summed E-state index contributed by atoms with van der Waals surface area (Å²) in [7, 11) is 0. The van der Waals surface area contributed by atoms with Crippen LogP contribution in [0, 0.1) is 6.07 Å². The van der Waals surface area contributed by atoms with E-state index < -0.39 is 0 Å². The maximum absolute atomic E-state index is 10.9. The molecule has 6 rings (SSSR count). The molecule has 0 atom stereocenters. The van der Waals surface area contributed by atoms with Crippen molar-refractivity contribution in [1.29, 1.82) is 0 Å². The average molecular weight is 828 g/mol. The van der Waals surface area contributed by atoms with Crippen LogP contribution < -0.4 is 0 Å². The van der Waals surface area contributed by atoms with Gasteiger partial charge in [-0.15, -0.1) is 24.3 Å². The number of hydrogen-bond acceptors (Lipinski definition) is 3. The van der Waals surface area contributed by atoms with Gasteiger partial charge in [0.2, 0.25) is 0 Å². The van der Waals surface area contributed by atoms with Gasteiger partial charge in [-0.3, -0.25) is 9.97 Å². The number of phenolic OH excluding ortho intramolecular Hbond substituents is 1.